The number of alkyl halides is 3. The summed E-state index contributed by atoms with van der Waals surface area (Å²) in [4.78, 5) is 25.0. The van der Waals surface area contributed by atoms with E-state index in [1.165, 1.54) is 12.3 Å². The van der Waals surface area contributed by atoms with E-state index in [4.69, 9.17) is 4.74 Å². The topological polar surface area (TPSA) is 72.7 Å². The lowest BCUT2D eigenvalue weighted by Gasteiger charge is -2.56. The number of ether oxygens (including phenoxy) is 1. The lowest BCUT2D eigenvalue weighted by molar-refractivity contribution is -0.162. The number of nitrogens with one attached hydrogen (secondary N) is 1. The van der Waals surface area contributed by atoms with E-state index in [1.54, 1.807) is 35.8 Å². The van der Waals surface area contributed by atoms with Crippen molar-refractivity contribution in [3.8, 4) is 0 Å². The third kappa shape index (κ3) is 4.51. The van der Waals surface area contributed by atoms with Crippen LogP contribution in [0.3, 0.4) is 0 Å². The summed E-state index contributed by atoms with van der Waals surface area (Å²) in [5.74, 6) is -0.424. The number of rotatable bonds is 6. The van der Waals surface area contributed by atoms with E-state index in [9.17, 15) is 22.8 Å². The van der Waals surface area contributed by atoms with Crippen molar-refractivity contribution in [2.75, 3.05) is 6.61 Å². The molecule has 2 fully saturated rings. The molecule has 5 rings (SSSR count). The summed E-state index contributed by atoms with van der Waals surface area (Å²) in [5.41, 5.74) is 1.62. The van der Waals surface area contributed by atoms with E-state index >= 15 is 0 Å². The average Bonchev–Trinajstić information content (AvgIpc) is 3.19. The predicted molar refractivity (Wildman–Crippen MR) is 122 cm³/mol. The fraction of sp³-hybridized carbons (Fsp3) is 0.423. The van der Waals surface area contributed by atoms with Gasteiger partial charge in [0.05, 0.1) is 35.4 Å². The van der Waals surface area contributed by atoms with Crippen LogP contribution in [0, 0.1) is 11.3 Å². The van der Waals surface area contributed by atoms with Crippen LogP contribution >= 0.6 is 0 Å². The third-order valence-corrected chi connectivity index (χ3v) is 7.19. The van der Waals surface area contributed by atoms with Gasteiger partial charge in [0.1, 0.15) is 0 Å². The maximum absolute atomic E-state index is 13.1. The van der Waals surface area contributed by atoms with E-state index in [2.05, 4.69) is 10.4 Å². The molecule has 35 heavy (non-hydrogen) atoms. The van der Waals surface area contributed by atoms with Crippen LogP contribution in [0.2, 0.25) is 0 Å². The van der Waals surface area contributed by atoms with E-state index < -0.39 is 11.7 Å². The lowest BCUT2D eigenvalue weighted by atomic mass is 9.50. The number of amides is 1. The highest BCUT2D eigenvalue weighted by Gasteiger charge is 2.55. The second-order valence-corrected chi connectivity index (χ2v) is 9.70. The first-order chi connectivity index (χ1) is 16.7. The molecule has 1 aromatic carbocycles. The fourth-order valence-corrected chi connectivity index (χ4v) is 5.60. The van der Waals surface area contributed by atoms with Gasteiger partial charge < -0.3 is 10.1 Å². The van der Waals surface area contributed by atoms with Crippen LogP contribution in [0.25, 0.3) is 5.52 Å². The van der Waals surface area contributed by atoms with Crippen molar-refractivity contribution >= 4 is 17.4 Å². The Morgan fingerprint density at radius 3 is 2.66 bits per heavy atom. The Morgan fingerprint density at radius 1 is 1.17 bits per heavy atom. The Balaban J connectivity index is 1.27. The molecule has 1 amide bonds. The van der Waals surface area contributed by atoms with E-state index in [0.29, 0.717) is 23.3 Å². The number of pyridine rings is 1. The largest absolute Gasteiger partial charge is 0.466 e. The molecule has 0 saturated heterocycles. The van der Waals surface area contributed by atoms with Crippen LogP contribution < -0.4 is 5.32 Å². The molecule has 184 valence electrons. The Morgan fingerprint density at radius 2 is 1.94 bits per heavy atom. The minimum Gasteiger partial charge on any atom is -0.466 e. The molecule has 1 N–H and O–H groups in total. The van der Waals surface area contributed by atoms with Crippen LogP contribution in [0.4, 0.5) is 13.2 Å². The first kappa shape index (κ1) is 23.4. The van der Waals surface area contributed by atoms with Gasteiger partial charge in [0.15, 0.2) is 0 Å². The van der Waals surface area contributed by atoms with Crippen LogP contribution in [-0.4, -0.2) is 34.1 Å². The number of hydrogen-bond acceptors (Lipinski definition) is 4. The third-order valence-electron chi connectivity index (χ3n) is 7.19. The van der Waals surface area contributed by atoms with Gasteiger partial charge in [-0.15, -0.1) is 0 Å². The van der Waals surface area contributed by atoms with Crippen LogP contribution in [-0.2, 0) is 22.1 Å². The summed E-state index contributed by atoms with van der Waals surface area (Å²) in [7, 11) is 0. The smallest absolute Gasteiger partial charge is 0.416 e. The maximum atomic E-state index is 13.1. The molecule has 9 heteroatoms. The normalized spacial score (nSPS) is 23.5. The van der Waals surface area contributed by atoms with Crippen molar-refractivity contribution in [3.63, 3.8) is 0 Å². The monoisotopic (exact) mass is 485 g/mol. The highest BCUT2D eigenvalue weighted by Crippen LogP contribution is 2.59. The molecule has 0 atom stereocenters. The van der Waals surface area contributed by atoms with E-state index in [0.717, 1.165) is 43.4 Å². The Kier molecular flexibility index (Phi) is 5.81. The Bertz CT molecular complexity index is 1270. The fourth-order valence-electron chi connectivity index (χ4n) is 5.60. The highest BCUT2D eigenvalue weighted by atomic mass is 19.4. The first-order valence-electron chi connectivity index (χ1n) is 11.8. The van der Waals surface area contributed by atoms with Crippen molar-refractivity contribution < 1.29 is 27.5 Å². The van der Waals surface area contributed by atoms with Gasteiger partial charge in [-0.05, 0) is 67.7 Å². The zero-order valence-electron chi connectivity index (χ0n) is 19.3. The molecule has 6 nitrogen and oxygen atoms in total. The molecule has 0 bridgehead atoms. The molecule has 2 aliphatic rings. The van der Waals surface area contributed by atoms with Gasteiger partial charge in [-0.25, -0.2) is 4.52 Å². The lowest BCUT2D eigenvalue weighted by Crippen LogP contribution is -2.57. The number of halogens is 3. The summed E-state index contributed by atoms with van der Waals surface area (Å²) in [6.07, 6.45) is 2.28. The molecule has 2 heterocycles. The van der Waals surface area contributed by atoms with Crippen molar-refractivity contribution in [3.05, 3.63) is 71.0 Å². The van der Waals surface area contributed by atoms with Crippen molar-refractivity contribution in [1.29, 1.82) is 0 Å². The maximum Gasteiger partial charge on any atom is 0.416 e. The van der Waals surface area contributed by atoms with E-state index in [1.807, 2.05) is 0 Å². The van der Waals surface area contributed by atoms with E-state index in [-0.39, 0.29) is 35.7 Å². The van der Waals surface area contributed by atoms with Gasteiger partial charge in [-0.1, -0.05) is 24.3 Å². The highest BCUT2D eigenvalue weighted by molar-refractivity contribution is 6.01. The number of hydrogen-bond donors (Lipinski definition) is 1. The molecule has 0 aliphatic heterocycles. The van der Waals surface area contributed by atoms with Crippen LogP contribution in [0.15, 0.2) is 48.8 Å². The van der Waals surface area contributed by atoms with Gasteiger partial charge >= 0.3 is 12.1 Å². The molecular weight excluding hydrogens is 459 g/mol. The predicted octanol–water partition coefficient (Wildman–Crippen LogP) is 4.80. The minimum absolute atomic E-state index is 0.0243. The molecule has 2 aliphatic carbocycles. The quantitative estimate of drug-likeness (QED) is 0.510. The Hall–Kier alpha value is -3.36. The van der Waals surface area contributed by atoms with Gasteiger partial charge in [0.25, 0.3) is 5.91 Å². The first-order valence-corrected chi connectivity index (χ1v) is 11.8. The summed E-state index contributed by atoms with van der Waals surface area (Å²) in [5, 5.41) is 7.34. The zero-order valence-corrected chi connectivity index (χ0v) is 19.3. The molecule has 0 unspecified atom stereocenters. The number of esters is 1. The number of carbonyl (C=O) groups is 2. The molecule has 3 aromatic rings. The van der Waals surface area contributed by atoms with Crippen LogP contribution in [0.5, 0.6) is 0 Å². The molecule has 2 saturated carbocycles. The SMILES string of the molecule is CCOC(=O)C1CC2(CC(NC(=O)c3cnn4cccc(Cc5cccc(C(F)(F)F)c5)c34)C2)C1. The summed E-state index contributed by atoms with van der Waals surface area (Å²) < 4.78 is 46.1. The standard InChI is InChI=1S/C26H26F3N3O3/c1-2-35-24(34)18-11-25(12-18)13-20(14-25)31-23(33)21-15-30-32-8-4-6-17(22(21)32)9-16-5-3-7-19(10-16)26(27,28)29/h3-8,10,15,18,20H,2,9,11-14H2,1H3,(H,31,33). The van der Waals surface area contributed by atoms with Crippen molar-refractivity contribution in [1.82, 2.24) is 14.9 Å². The van der Waals surface area contributed by atoms with Gasteiger partial charge in [-0.2, -0.15) is 18.3 Å². The second kappa shape index (κ2) is 8.70. The van der Waals surface area contributed by atoms with Crippen LogP contribution in [0.1, 0.15) is 59.7 Å². The number of aromatic nitrogens is 2. The molecular formula is C26H26F3N3O3. The van der Waals surface area contributed by atoms with Crippen molar-refractivity contribution in [2.45, 2.75) is 51.2 Å². The molecule has 0 radical (unpaired) electrons. The number of fused-ring (bicyclic) bond motifs is 1. The Labute approximate surface area is 200 Å². The zero-order chi connectivity index (χ0) is 24.8. The molecule has 1 spiro atoms. The van der Waals surface area contributed by atoms with Crippen molar-refractivity contribution in [2.24, 2.45) is 11.3 Å². The van der Waals surface area contributed by atoms with Gasteiger partial charge in [-0.3, -0.25) is 9.59 Å². The second-order valence-electron chi connectivity index (χ2n) is 9.70. The van der Waals surface area contributed by atoms with Gasteiger partial charge in [0.2, 0.25) is 0 Å². The number of benzene rings is 1. The summed E-state index contributed by atoms with van der Waals surface area (Å²) >= 11 is 0. The summed E-state index contributed by atoms with van der Waals surface area (Å²) in [6, 6.07) is 8.80. The minimum atomic E-state index is -4.42. The average molecular weight is 486 g/mol. The summed E-state index contributed by atoms with van der Waals surface area (Å²) in [6.45, 7) is 2.18. The number of carbonyl (C=O) groups excluding carboxylic acids is 2. The number of nitrogens with zero attached hydrogens (tertiary/aromatic N) is 2. The molecule has 2 aromatic heterocycles. The van der Waals surface area contributed by atoms with Gasteiger partial charge in [0, 0.05) is 12.2 Å².